The number of nitrogens with one attached hydrogen (secondary N) is 1. The number of para-hydroxylation sites is 1. The Bertz CT molecular complexity index is 350. The predicted molar refractivity (Wildman–Crippen MR) is 69.7 cm³/mol. The molecule has 1 N–H and O–H groups in total. The van der Waals surface area contributed by atoms with Gasteiger partial charge in [0.15, 0.2) is 5.78 Å². The summed E-state index contributed by atoms with van der Waals surface area (Å²) in [5, 5.41) is 3.11. The van der Waals surface area contributed by atoms with Crippen molar-refractivity contribution in [2.75, 3.05) is 19.7 Å². The normalized spacial score (nSPS) is 10.2. The number of benzene rings is 1. The van der Waals surface area contributed by atoms with E-state index in [9.17, 15) is 4.79 Å². The molecule has 0 saturated heterocycles. The van der Waals surface area contributed by atoms with Crippen LogP contribution < -0.4 is 10.1 Å². The smallest absolute Gasteiger partial charge is 0.180 e. The van der Waals surface area contributed by atoms with Crippen molar-refractivity contribution in [3.8, 4) is 5.75 Å². The molecule has 0 bridgehead atoms. The van der Waals surface area contributed by atoms with Gasteiger partial charge in [0.25, 0.3) is 0 Å². The number of Topliss-reactive ketones (excluding diaryl/α,β-unsaturated/α-hetero) is 1. The topological polar surface area (TPSA) is 38.3 Å². The lowest BCUT2D eigenvalue weighted by molar-refractivity contribution is 0.0987. The second kappa shape index (κ2) is 7.85. The average Bonchev–Trinajstić information content (AvgIpc) is 2.37. The molecular formula is C14H21NO2. The van der Waals surface area contributed by atoms with Crippen LogP contribution in [0.2, 0.25) is 0 Å². The van der Waals surface area contributed by atoms with Crippen molar-refractivity contribution in [3.05, 3.63) is 29.8 Å². The number of ether oxygens (including phenoxy) is 1. The van der Waals surface area contributed by atoms with Gasteiger partial charge in [0.1, 0.15) is 5.75 Å². The third-order valence-electron chi connectivity index (χ3n) is 2.36. The molecule has 0 fully saturated rings. The van der Waals surface area contributed by atoms with E-state index < -0.39 is 0 Å². The standard InChI is InChI=1S/C14H21NO2/c1-3-9-15-11-13(16)12-7-5-6-8-14(12)17-10-4-2/h5-8,15H,3-4,9-11H2,1-2H3. The molecule has 0 aromatic heterocycles. The van der Waals surface area contributed by atoms with Gasteiger partial charge in [-0.2, -0.15) is 0 Å². The first kappa shape index (κ1) is 13.7. The predicted octanol–water partition coefficient (Wildman–Crippen LogP) is 2.66. The Kier molecular flexibility index (Phi) is 6.33. The fourth-order valence-electron chi connectivity index (χ4n) is 1.51. The summed E-state index contributed by atoms with van der Waals surface area (Å²) in [5.74, 6) is 0.780. The highest BCUT2D eigenvalue weighted by molar-refractivity contribution is 6.00. The van der Waals surface area contributed by atoms with Gasteiger partial charge in [-0.3, -0.25) is 4.79 Å². The van der Waals surface area contributed by atoms with E-state index >= 15 is 0 Å². The van der Waals surface area contributed by atoms with Crippen LogP contribution in [0.5, 0.6) is 5.75 Å². The van der Waals surface area contributed by atoms with Gasteiger partial charge in [-0.05, 0) is 31.5 Å². The summed E-state index contributed by atoms with van der Waals surface area (Å²) in [6.07, 6.45) is 1.97. The van der Waals surface area contributed by atoms with Crippen LogP contribution in [-0.4, -0.2) is 25.5 Å². The Hall–Kier alpha value is -1.35. The lowest BCUT2D eigenvalue weighted by Crippen LogP contribution is -2.24. The van der Waals surface area contributed by atoms with Crippen molar-refractivity contribution in [3.63, 3.8) is 0 Å². The van der Waals surface area contributed by atoms with E-state index in [0.717, 1.165) is 19.4 Å². The summed E-state index contributed by atoms with van der Waals surface area (Å²) in [7, 11) is 0. The summed E-state index contributed by atoms with van der Waals surface area (Å²) in [6.45, 7) is 6.01. The molecule has 0 radical (unpaired) electrons. The first-order valence-electron chi connectivity index (χ1n) is 6.25. The molecular weight excluding hydrogens is 214 g/mol. The molecule has 0 aliphatic rings. The highest BCUT2D eigenvalue weighted by Gasteiger charge is 2.10. The minimum Gasteiger partial charge on any atom is -0.493 e. The summed E-state index contributed by atoms with van der Waals surface area (Å²) in [6, 6.07) is 7.43. The van der Waals surface area contributed by atoms with E-state index in [4.69, 9.17) is 4.74 Å². The number of carbonyl (C=O) groups excluding carboxylic acids is 1. The van der Waals surface area contributed by atoms with Crippen LogP contribution in [0, 0.1) is 0 Å². The number of hydrogen-bond donors (Lipinski definition) is 1. The van der Waals surface area contributed by atoms with Gasteiger partial charge in [0.2, 0.25) is 0 Å². The fraction of sp³-hybridized carbons (Fsp3) is 0.500. The zero-order valence-corrected chi connectivity index (χ0v) is 10.7. The first-order chi connectivity index (χ1) is 8.29. The highest BCUT2D eigenvalue weighted by Crippen LogP contribution is 2.18. The SMILES string of the molecule is CCCNCC(=O)c1ccccc1OCCC. The zero-order valence-electron chi connectivity index (χ0n) is 10.7. The largest absolute Gasteiger partial charge is 0.493 e. The Morgan fingerprint density at radius 2 is 2.00 bits per heavy atom. The van der Waals surface area contributed by atoms with Gasteiger partial charge in [-0.15, -0.1) is 0 Å². The minimum atomic E-state index is 0.0881. The number of carbonyl (C=O) groups is 1. The summed E-state index contributed by atoms with van der Waals surface area (Å²) >= 11 is 0. The molecule has 17 heavy (non-hydrogen) atoms. The molecule has 1 aromatic carbocycles. The van der Waals surface area contributed by atoms with Gasteiger partial charge in [-0.25, -0.2) is 0 Å². The van der Waals surface area contributed by atoms with Crippen molar-refractivity contribution in [2.24, 2.45) is 0 Å². The van der Waals surface area contributed by atoms with Crippen LogP contribution >= 0.6 is 0 Å². The van der Waals surface area contributed by atoms with Gasteiger partial charge in [0.05, 0.1) is 18.7 Å². The van der Waals surface area contributed by atoms with Gasteiger partial charge in [0, 0.05) is 0 Å². The van der Waals surface area contributed by atoms with Crippen molar-refractivity contribution in [1.29, 1.82) is 0 Å². The lowest BCUT2D eigenvalue weighted by atomic mass is 10.1. The Labute approximate surface area is 103 Å². The molecule has 0 saturated carbocycles. The van der Waals surface area contributed by atoms with Gasteiger partial charge < -0.3 is 10.1 Å². The molecule has 1 aromatic rings. The van der Waals surface area contributed by atoms with E-state index in [0.29, 0.717) is 24.5 Å². The third-order valence-corrected chi connectivity index (χ3v) is 2.36. The van der Waals surface area contributed by atoms with E-state index in [1.807, 2.05) is 31.2 Å². The first-order valence-corrected chi connectivity index (χ1v) is 6.25. The fourth-order valence-corrected chi connectivity index (χ4v) is 1.51. The molecule has 0 unspecified atom stereocenters. The van der Waals surface area contributed by atoms with Crippen LogP contribution in [0.15, 0.2) is 24.3 Å². The monoisotopic (exact) mass is 235 g/mol. The summed E-state index contributed by atoms with van der Waals surface area (Å²) in [4.78, 5) is 12.0. The lowest BCUT2D eigenvalue weighted by Gasteiger charge is -2.10. The van der Waals surface area contributed by atoms with E-state index in [2.05, 4.69) is 12.2 Å². The number of hydrogen-bond acceptors (Lipinski definition) is 3. The zero-order chi connectivity index (χ0) is 12.5. The molecule has 0 aliphatic carbocycles. The van der Waals surface area contributed by atoms with E-state index in [-0.39, 0.29) is 5.78 Å². The molecule has 0 spiro atoms. The summed E-state index contributed by atoms with van der Waals surface area (Å²) < 4.78 is 5.57. The van der Waals surface area contributed by atoms with Crippen molar-refractivity contribution < 1.29 is 9.53 Å². The summed E-state index contributed by atoms with van der Waals surface area (Å²) in [5.41, 5.74) is 0.671. The molecule has 0 heterocycles. The van der Waals surface area contributed by atoms with Crippen LogP contribution in [0.25, 0.3) is 0 Å². The molecule has 0 atom stereocenters. The van der Waals surface area contributed by atoms with Crippen LogP contribution in [0.1, 0.15) is 37.0 Å². The molecule has 3 heteroatoms. The molecule has 0 aliphatic heterocycles. The Balaban J connectivity index is 2.64. The molecule has 3 nitrogen and oxygen atoms in total. The molecule has 94 valence electrons. The maximum absolute atomic E-state index is 12.0. The average molecular weight is 235 g/mol. The molecule has 0 amide bonds. The Morgan fingerprint density at radius 3 is 2.71 bits per heavy atom. The van der Waals surface area contributed by atoms with Gasteiger partial charge in [-0.1, -0.05) is 26.0 Å². The van der Waals surface area contributed by atoms with E-state index in [1.54, 1.807) is 0 Å². The van der Waals surface area contributed by atoms with Crippen molar-refractivity contribution in [1.82, 2.24) is 5.32 Å². The van der Waals surface area contributed by atoms with Crippen LogP contribution in [0.3, 0.4) is 0 Å². The number of rotatable bonds is 8. The quantitative estimate of drug-likeness (QED) is 0.556. The Morgan fingerprint density at radius 1 is 1.24 bits per heavy atom. The van der Waals surface area contributed by atoms with Crippen molar-refractivity contribution in [2.45, 2.75) is 26.7 Å². The second-order valence-electron chi connectivity index (χ2n) is 3.94. The third kappa shape index (κ3) is 4.57. The van der Waals surface area contributed by atoms with Crippen LogP contribution in [0.4, 0.5) is 0 Å². The maximum Gasteiger partial charge on any atom is 0.180 e. The second-order valence-corrected chi connectivity index (χ2v) is 3.94. The molecule has 1 rings (SSSR count). The van der Waals surface area contributed by atoms with Gasteiger partial charge >= 0.3 is 0 Å². The van der Waals surface area contributed by atoms with Crippen LogP contribution in [-0.2, 0) is 0 Å². The number of ketones is 1. The minimum absolute atomic E-state index is 0.0881. The highest BCUT2D eigenvalue weighted by atomic mass is 16.5. The van der Waals surface area contributed by atoms with Crippen molar-refractivity contribution >= 4 is 5.78 Å². The van der Waals surface area contributed by atoms with E-state index in [1.165, 1.54) is 0 Å². The maximum atomic E-state index is 12.0.